The fourth-order valence-electron chi connectivity index (χ4n) is 1.68. The molecule has 1 rings (SSSR count). The van der Waals surface area contributed by atoms with E-state index in [2.05, 4.69) is 63.4 Å². The summed E-state index contributed by atoms with van der Waals surface area (Å²) in [5, 5.41) is 1.05. The zero-order valence-corrected chi connectivity index (χ0v) is 16.1. The molecule has 0 bridgehead atoms. The SMILES string of the molecule is CCO[Si](OCC)(OCC)c1cc(I)cc(I)c1. The molecule has 0 heterocycles. The van der Waals surface area contributed by atoms with Crippen molar-refractivity contribution in [1.29, 1.82) is 0 Å². The van der Waals surface area contributed by atoms with Crippen molar-refractivity contribution in [3.8, 4) is 0 Å². The molecule has 0 saturated heterocycles. The Kier molecular flexibility index (Phi) is 7.62. The lowest BCUT2D eigenvalue weighted by molar-refractivity contribution is 0.0859. The lowest BCUT2D eigenvalue weighted by Crippen LogP contribution is -2.57. The van der Waals surface area contributed by atoms with Crippen LogP contribution in [0.3, 0.4) is 0 Å². The third-order valence-electron chi connectivity index (χ3n) is 2.22. The Hall–Kier alpha value is 0.777. The molecule has 0 N–H and O–H groups in total. The average Bonchev–Trinajstić information content (AvgIpc) is 2.28. The Morgan fingerprint density at radius 1 is 0.833 bits per heavy atom. The molecule has 3 nitrogen and oxygen atoms in total. The van der Waals surface area contributed by atoms with Crippen LogP contribution in [0.15, 0.2) is 18.2 Å². The van der Waals surface area contributed by atoms with Crippen LogP contribution in [0.2, 0.25) is 0 Å². The van der Waals surface area contributed by atoms with E-state index in [9.17, 15) is 0 Å². The van der Waals surface area contributed by atoms with Crippen molar-refractivity contribution >= 4 is 59.2 Å². The van der Waals surface area contributed by atoms with Crippen molar-refractivity contribution in [2.75, 3.05) is 19.8 Å². The molecule has 0 aromatic heterocycles. The molecule has 102 valence electrons. The first-order chi connectivity index (χ1) is 8.57. The van der Waals surface area contributed by atoms with E-state index in [0.717, 1.165) is 5.19 Å². The molecule has 0 aliphatic heterocycles. The van der Waals surface area contributed by atoms with E-state index in [4.69, 9.17) is 13.3 Å². The maximum Gasteiger partial charge on any atom is 0.537 e. The van der Waals surface area contributed by atoms with Crippen LogP contribution in [-0.2, 0) is 13.3 Å². The van der Waals surface area contributed by atoms with Gasteiger partial charge in [-0.05, 0) is 84.2 Å². The van der Waals surface area contributed by atoms with E-state index in [1.165, 1.54) is 7.14 Å². The summed E-state index contributed by atoms with van der Waals surface area (Å²) in [6.45, 7) is 7.69. The number of halogens is 2. The predicted molar refractivity (Wildman–Crippen MR) is 92.1 cm³/mol. The normalized spacial score (nSPS) is 11.8. The summed E-state index contributed by atoms with van der Waals surface area (Å²) in [5.74, 6) is 0. The van der Waals surface area contributed by atoms with Crippen LogP contribution in [-0.4, -0.2) is 28.6 Å². The lowest BCUT2D eigenvalue weighted by Gasteiger charge is -2.28. The molecule has 0 amide bonds. The highest BCUT2D eigenvalue weighted by Crippen LogP contribution is 2.16. The van der Waals surface area contributed by atoms with Gasteiger partial charge in [-0.2, -0.15) is 0 Å². The van der Waals surface area contributed by atoms with Gasteiger partial charge in [0, 0.05) is 32.1 Å². The van der Waals surface area contributed by atoms with Gasteiger partial charge in [0.25, 0.3) is 0 Å². The Labute approximate surface area is 137 Å². The van der Waals surface area contributed by atoms with Gasteiger partial charge in [0.1, 0.15) is 0 Å². The summed E-state index contributed by atoms with van der Waals surface area (Å²) in [5.41, 5.74) is 0. The van der Waals surface area contributed by atoms with Crippen molar-refractivity contribution in [3.05, 3.63) is 25.3 Å². The van der Waals surface area contributed by atoms with Crippen LogP contribution in [0.25, 0.3) is 0 Å². The van der Waals surface area contributed by atoms with Crippen molar-refractivity contribution in [2.45, 2.75) is 20.8 Å². The molecule has 0 radical (unpaired) electrons. The van der Waals surface area contributed by atoms with Crippen LogP contribution in [0.1, 0.15) is 20.8 Å². The first-order valence-corrected chi connectivity index (χ1v) is 9.84. The molecular formula is C12H18I2O3Si. The molecule has 0 saturated carbocycles. The molecule has 0 aliphatic carbocycles. The van der Waals surface area contributed by atoms with Gasteiger partial charge >= 0.3 is 8.80 Å². The summed E-state index contributed by atoms with van der Waals surface area (Å²) < 4.78 is 20.0. The highest BCUT2D eigenvalue weighted by molar-refractivity contribution is 14.1. The number of hydrogen-bond acceptors (Lipinski definition) is 3. The largest absolute Gasteiger partial charge is 0.537 e. The molecule has 6 heteroatoms. The van der Waals surface area contributed by atoms with Gasteiger partial charge in [0.2, 0.25) is 0 Å². The van der Waals surface area contributed by atoms with E-state index in [1.54, 1.807) is 0 Å². The van der Waals surface area contributed by atoms with E-state index in [0.29, 0.717) is 19.8 Å². The molecule has 18 heavy (non-hydrogen) atoms. The smallest absolute Gasteiger partial charge is 0.370 e. The minimum Gasteiger partial charge on any atom is -0.370 e. The summed E-state index contributed by atoms with van der Waals surface area (Å²) >= 11 is 4.61. The highest BCUT2D eigenvalue weighted by Gasteiger charge is 2.43. The van der Waals surface area contributed by atoms with Crippen LogP contribution >= 0.6 is 45.2 Å². The molecule has 0 aliphatic rings. The van der Waals surface area contributed by atoms with Gasteiger partial charge in [-0.25, -0.2) is 0 Å². The molecular weight excluding hydrogens is 474 g/mol. The van der Waals surface area contributed by atoms with Crippen LogP contribution in [0, 0.1) is 7.14 Å². The summed E-state index contributed by atoms with van der Waals surface area (Å²) in [4.78, 5) is 0. The molecule has 0 spiro atoms. The third kappa shape index (κ3) is 4.41. The fourth-order valence-corrected chi connectivity index (χ4v) is 6.76. The van der Waals surface area contributed by atoms with Gasteiger partial charge in [0.05, 0.1) is 0 Å². The Balaban J connectivity index is 3.20. The second-order valence-corrected chi connectivity index (χ2v) is 8.56. The number of rotatable bonds is 7. The van der Waals surface area contributed by atoms with Crippen LogP contribution in [0.4, 0.5) is 0 Å². The Bertz CT molecular complexity index is 350. The summed E-state index contributed by atoms with van der Waals surface area (Å²) in [7, 11) is -2.74. The van der Waals surface area contributed by atoms with E-state index < -0.39 is 8.80 Å². The highest BCUT2D eigenvalue weighted by atomic mass is 127. The molecule has 1 aromatic rings. The van der Waals surface area contributed by atoms with Crippen molar-refractivity contribution in [2.24, 2.45) is 0 Å². The molecule has 1 aromatic carbocycles. The number of hydrogen-bond donors (Lipinski definition) is 0. The van der Waals surface area contributed by atoms with Gasteiger partial charge in [-0.1, -0.05) is 0 Å². The van der Waals surface area contributed by atoms with Gasteiger partial charge in [0.15, 0.2) is 0 Å². The summed E-state index contributed by atoms with van der Waals surface area (Å²) in [6, 6.07) is 6.31. The summed E-state index contributed by atoms with van der Waals surface area (Å²) in [6.07, 6.45) is 0. The van der Waals surface area contributed by atoms with Crippen LogP contribution in [0.5, 0.6) is 0 Å². The quantitative estimate of drug-likeness (QED) is 0.433. The zero-order chi connectivity index (χ0) is 13.6. The maximum atomic E-state index is 5.89. The van der Waals surface area contributed by atoms with E-state index >= 15 is 0 Å². The number of benzene rings is 1. The van der Waals surface area contributed by atoms with Gasteiger partial charge in [-0.15, -0.1) is 0 Å². The zero-order valence-electron chi connectivity index (χ0n) is 10.8. The monoisotopic (exact) mass is 492 g/mol. The predicted octanol–water partition coefficient (Wildman–Crippen LogP) is 3.15. The van der Waals surface area contributed by atoms with Crippen molar-refractivity contribution in [3.63, 3.8) is 0 Å². The minimum atomic E-state index is -2.74. The second-order valence-electron chi connectivity index (χ2n) is 3.51. The second kappa shape index (κ2) is 8.15. The molecule has 0 atom stereocenters. The minimum absolute atomic E-state index is 0.592. The average molecular weight is 492 g/mol. The van der Waals surface area contributed by atoms with E-state index in [-0.39, 0.29) is 0 Å². The first-order valence-electron chi connectivity index (χ1n) is 5.96. The Morgan fingerprint density at radius 3 is 1.56 bits per heavy atom. The Morgan fingerprint density at radius 2 is 1.22 bits per heavy atom. The lowest BCUT2D eigenvalue weighted by atomic mass is 10.4. The molecule has 0 unspecified atom stereocenters. The standard InChI is InChI=1S/C12H18I2O3Si/c1-4-15-18(16-5-2,17-6-3)12-8-10(13)7-11(14)9-12/h7-9H,4-6H2,1-3H3. The van der Waals surface area contributed by atoms with Gasteiger partial charge < -0.3 is 13.3 Å². The van der Waals surface area contributed by atoms with E-state index in [1.807, 2.05) is 20.8 Å². The van der Waals surface area contributed by atoms with Gasteiger partial charge in [-0.3, -0.25) is 0 Å². The van der Waals surface area contributed by atoms with Crippen LogP contribution < -0.4 is 5.19 Å². The first kappa shape index (κ1) is 16.8. The fraction of sp³-hybridized carbons (Fsp3) is 0.500. The third-order valence-corrected chi connectivity index (χ3v) is 6.47. The molecule has 0 fully saturated rings. The van der Waals surface area contributed by atoms with Crippen molar-refractivity contribution < 1.29 is 13.3 Å². The topological polar surface area (TPSA) is 27.7 Å². The maximum absolute atomic E-state index is 5.89. The van der Waals surface area contributed by atoms with Crippen molar-refractivity contribution in [1.82, 2.24) is 0 Å².